The van der Waals surface area contributed by atoms with Gasteiger partial charge in [-0.3, -0.25) is 0 Å². The van der Waals surface area contributed by atoms with Gasteiger partial charge in [0.25, 0.3) is 0 Å². The molecule has 0 aromatic heterocycles. The number of hydrogen-bond donors (Lipinski definition) is 0. The maximum absolute atomic E-state index is 11.8. The molecule has 4 heteroatoms. The van der Waals surface area contributed by atoms with Gasteiger partial charge in [-0.2, -0.15) is 13.2 Å². The quantitative estimate of drug-likeness (QED) is 0.672. The normalized spacial score (nSPS) is 25.7. The summed E-state index contributed by atoms with van der Waals surface area (Å²) in [6.45, 7) is 3.32. The fraction of sp³-hybridized carbons (Fsp3) is 0.917. The van der Waals surface area contributed by atoms with Crippen molar-refractivity contribution >= 4 is 0 Å². The van der Waals surface area contributed by atoms with Crippen LogP contribution in [0.5, 0.6) is 0 Å². The highest BCUT2D eigenvalue weighted by Gasteiger charge is 2.32. The third-order valence-electron chi connectivity index (χ3n) is 3.35. The number of alkyl halides is 3. The van der Waals surface area contributed by atoms with Crippen LogP contribution in [0.2, 0.25) is 0 Å². The van der Waals surface area contributed by atoms with Crippen molar-refractivity contribution in [2.75, 3.05) is 13.2 Å². The molecule has 1 aliphatic carbocycles. The van der Waals surface area contributed by atoms with Gasteiger partial charge in [-0.05, 0) is 30.6 Å². The van der Waals surface area contributed by atoms with Crippen molar-refractivity contribution in [1.82, 2.24) is 0 Å². The topological polar surface area (TPSA) is 9.23 Å². The Bertz CT molecular complexity index is 211. The molecule has 0 aromatic carbocycles. The van der Waals surface area contributed by atoms with Crippen molar-refractivity contribution in [3.8, 4) is 0 Å². The average molecular weight is 237 g/mol. The monoisotopic (exact) mass is 237 g/mol. The van der Waals surface area contributed by atoms with E-state index in [-0.39, 0.29) is 12.0 Å². The molecule has 0 aliphatic heterocycles. The highest BCUT2D eigenvalue weighted by Crippen LogP contribution is 2.41. The maximum atomic E-state index is 11.8. The molecule has 16 heavy (non-hydrogen) atoms. The summed E-state index contributed by atoms with van der Waals surface area (Å²) in [5, 5.41) is 0. The van der Waals surface area contributed by atoms with Crippen molar-refractivity contribution < 1.29 is 17.9 Å². The molecule has 1 nitrogen and oxygen atoms in total. The van der Waals surface area contributed by atoms with Crippen LogP contribution in [-0.4, -0.2) is 19.4 Å². The summed E-state index contributed by atoms with van der Waals surface area (Å²) in [6, 6.07) is 0. The summed E-state index contributed by atoms with van der Waals surface area (Å²) < 4.78 is 40.1. The smallest absolute Gasteiger partial charge is 0.372 e. The van der Waals surface area contributed by atoms with Crippen molar-refractivity contribution in [2.45, 2.75) is 45.7 Å². The van der Waals surface area contributed by atoms with Gasteiger partial charge in [-0.1, -0.05) is 26.7 Å². The third kappa shape index (κ3) is 4.73. The van der Waals surface area contributed by atoms with Crippen molar-refractivity contribution in [3.63, 3.8) is 0 Å². The summed E-state index contributed by atoms with van der Waals surface area (Å²) >= 11 is 0. The van der Waals surface area contributed by atoms with Gasteiger partial charge in [-0.15, -0.1) is 0 Å². The van der Waals surface area contributed by atoms with Gasteiger partial charge in [0.1, 0.15) is 6.61 Å². The van der Waals surface area contributed by atoms with Gasteiger partial charge in [0.15, 0.2) is 0 Å². The van der Waals surface area contributed by atoms with Gasteiger partial charge in [0, 0.05) is 0 Å². The van der Waals surface area contributed by atoms with E-state index in [1.165, 1.54) is 12.8 Å². The van der Waals surface area contributed by atoms with Crippen LogP contribution in [0.1, 0.15) is 39.5 Å². The Morgan fingerprint density at radius 3 is 2.56 bits per heavy atom. The molecule has 1 saturated carbocycles. The molecule has 1 aliphatic rings. The lowest BCUT2D eigenvalue weighted by atomic mass is 9.68. The zero-order chi connectivity index (χ0) is 12.2. The Kier molecular flexibility index (Phi) is 4.65. The molecule has 1 radical (unpaired) electrons. The molecule has 95 valence electrons. The van der Waals surface area contributed by atoms with E-state index in [4.69, 9.17) is 0 Å². The van der Waals surface area contributed by atoms with E-state index in [9.17, 15) is 13.2 Å². The number of rotatable bonds is 4. The van der Waals surface area contributed by atoms with Crippen LogP contribution in [0.25, 0.3) is 0 Å². The molecule has 1 atom stereocenters. The van der Waals surface area contributed by atoms with Gasteiger partial charge in [0.2, 0.25) is 0 Å². The number of ether oxygens (including phenoxy) is 1. The maximum Gasteiger partial charge on any atom is 0.411 e. The molecular weight excluding hydrogens is 217 g/mol. The molecule has 0 saturated heterocycles. The number of halogens is 3. The fourth-order valence-corrected chi connectivity index (χ4v) is 2.32. The molecule has 1 unspecified atom stereocenters. The minimum Gasteiger partial charge on any atom is -0.372 e. The zero-order valence-electron chi connectivity index (χ0n) is 9.94. The minimum atomic E-state index is -4.21. The molecule has 0 bridgehead atoms. The predicted octanol–water partition coefficient (Wildman–Crippen LogP) is 3.99. The summed E-state index contributed by atoms with van der Waals surface area (Å²) in [6.07, 6.45) is 2.31. The lowest BCUT2D eigenvalue weighted by Crippen LogP contribution is -2.29. The standard InChI is InChI=1S/C12H20F3O/c1-11(2)7-4-3-5-10(11)6-8-16-9-12(13,14)15/h6,10H,3-5,7-9H2,1-2H3. The van der Waals surface area contributed by atoms with E-state index < -0.39 is 12.8 Å². The van der Waals surface area contributed by atoms with E-state index >= 15 is 0 Å². The van der Waals surface area contributed by atoms with Crippen LogP contribution in [0, 0.1) is 17.8 Å². The zero-order valence-corrected chi connectivity index (χ0v) is 9.94. The van der Waals surface area contributed by atoms with Crippen LogP contribution in [0.3, 0.4) is 0 Å². The van der Waals surface area contributed by atoms with E-state index in [1.54, 1.807) is 0 Å². The molecule has 0 N–H and O–H groups in total. The van der Waals surface area contributed by atoms with Crippen molar-refractivity contribution in [2.24, 2.45) is 11.3 Å². The summed E-state index contributed by atoms with van der Waals surface area (Å²) in [7, 11) is 0. The number of hydrogen-bond acceptors (Lipinski definition) is 1. The first-order valence-corrected chi connectivity index (χ1v) is 5.79. The van der Waals surface area contributed by atoms with Gasteiger partial charge in [0.05, 0.1) is 6.61 Å². The molecule has 1 fully saturated rings. The van der Waals surface area contributed by atoms with Gasteiger partial charge >= 0.3 is 6.18 Å². The third-order valence-corrected chi connectivity index (χ3v) is 3.35. The molecule has 0 aromatic rings. The summed E-state index contributed by atoms with van der Waals surface area (Å²) in [5.41, 5.74) is 0.208. The highest BCUT2D eigenvalue weighted by molar-refractivity contribution is 4.91. The van der Waals surface area contributed by atoms with Crippen LogP contribution in [0.4, 0.5) is 13.2 Å². The highest BCUT2D eigenvalue weighted by atomic mass is 19.4. The van der Waals surface area contributed by atoms with Gasteiger partial charge < -0.3 is 4.74 Å². The first-order valence-electron chi connectivity index (χ1n) is 5.79. The Morgan fingerprint density at radius 1 is 1.31 bits per heavy atom. The van der Waals surface area contributed by atoms with Crippen LogP contribution in [0.15, 0.2) is 0 Å². The molecule has 0 spiro atoms. The lowest BCUT2D eigenvalue weighted by molar-refractivity contribution is -0.172. The minimum absolute atomic E-state index is 0.105. The molecule has 0 amide bonds. The second-order valence-corrected chi connectivity index (χ2v) is 5.21. The van der Waals surface area contributed by atoms with Crippen LogP contribution in [-0.2, 0) is 4.74 Å². The lowest BCUT2D eigenvalue weighted by Gasteiger charge is -2.38. The van der Waals surface area contributed by atoms with Crippen molar-refractivity contribution in [1.29, 1.82) is 0 Å². The second kappa shape index (κ2) is 5.39. The average Bonchev–Trinajstić information content (AvgIpc) is 2.12. The SMILES string of the molecule is CC1(C)CCCCC1[CH]COCC(F)(F)F. The molecular formula is C12H20F3O. The van der Waals surface area contributed by atoms with E-state index in [1.807, 2.05) is 6.42 Å². The van der Waals surface area contributed by atoms with E-state index in [2.05, 4.69) is 18.6 Å². The largest absolute Gasteiger partial charge is 0.411 e. The van der Waals surface area contributed by atoms with Crippen LogP contribution < -0.4 is 0 Å². The van der Waals surface area contributed by atoms with Crippen LogP contribution >= 0.6 is 0 Å². The summed E-state index contributed by atoms with van der Waals surface area (Å²) in [4.78, 5) is 0. The van der Waals surface area contributed by atoms with Crippen molar-refractivity contribution in [3.05, 3.63) is 6.42 Å². The predicted molar refractivity (Wildman–Crippen MR) is 56.9 cm³/mol. The Hall–Kier alpha value is -0.250. The molecule has 1 rings (SSSR count). The summed E-state index contributed by atoms with van der Waals surface area (Å²) in [5.74, 6) is 0.384. The first-order chi connectivity index (χ1) is 7.31. The Morgan fingerprint density at radius 2 is 2.00 bits per heavy atom. The first kappa shape index (κ1) is 13.8. The van der Waals surface area contributed by atoms with E-state index in [0.717, 1.165) is 12.8 Å². The Balaban J connectivity index is 2.21. The Labute approximate surface area is 95.4 Å². The fourth-order valence-electron chi connectivity index (χ4n) is 2.32. The van der Waals surface area contributed by atoms with E-state index in [0.29, 0.717) is 5.92 Å². The second-order valence-electron chi connectivity index (χ2n) is 5.21. The molecule has 0 heterocycles. The van der Waals surface area contributed by atoms with Gasteiger partial charge in [-0.25, -0.2) is 0 Å².